The van der Waals surface area contributed by atoms with Gasteiger partial charge in [-0.3, -0.25) is 4.79 Å². The number of pyridine rings is 1. The van der Waals surface area contributed by atoms with Crippen LogP contribution in [-0.4, -0.2) is 25.5 Å². The van der Waals surface area contributed by atoms with Crippen LogP contribution in [-0.2, 0) is 13.5 Å². The molecule has 0 aliphatic carbocycles. The van der Waals surface area contributed by atoms with Gasteiger partial charge in [0.25, 0.3) is 0 Å². The predicted molar refractivity (Wildman–Crippen MR) is 111 cm³/mol. The molecule has 0 bridgehead atoms. The van der Waals surface area contributed by atoms with Crippen molar-refractivity contribution in [3.05, 3.63) is 83.8 Å². The largest absolute Gasteiger partial charge is 0.312 e. The molecule has 4 rings (SSSR count). The fraction of sp³-hybridized carbons (Fsp3) is 0.182. The van der Waals surface area contributed by atoms with Crippen LogP contribution in [0.4, 0.5) is 0 Å². The number of benzene rings is 2. The van der Waals surface area contributed by atoms with Gasteiger partial charge in [0.15, 0.2) is 10.9 Å². The molecule has 2 aromatic carbocycles. The molecule has 0 spiro atoms. The van der Waals surface area contributed by atoms with E-state index < -0.39 is 0 Å². The van der Waals surface area contributed by atoms with E-state index in [0.717, 1.165) is 27.2 Å². The third-order valence-corrected chi connectivity index (χ3v) is 5.83. The molecule has 0 radical (unpaired) electrons. The Morgan fingerprint density at radius 1 is 1.11 bits per heavy atom. The highest BCUT2D eigenvalue weighted by Gasteiger charge is 2.14. The molecule has 5 nitrogen and oxygen atoms in total. The topological polar surface area (TPSA) is 60.7 Å². The molecular formula is C22H20N4OS. The first-order chi connectivity index (χ1) is 13.6. The van der Waals surface area contributed by atoms with Gasteiger partial charge in [-0.15, -0.1) is 10.2 Å². The highest BCUT2D eigenvalue weighted by molar-refractivity contribution is 7.99. The average molecular weight is 388 g/mol. The minimum Gasteiger partial charge on any atom is -0.312 e. The van der Waals surface area contributed by atoms with Crippen molar-refractivity contribution in [1.82, 2.24) is 19.7 Å². The Labute approximate surface area is 167 Å². The molecule has 0 unspecified atom stereocenters. The molecular weight excluding hydrogens is 368 g/mol. The van der Waals surface area contributed by atoms with Gasteiger partial charge in [0, 0.05) is 24.1 Å². The Morgan fingerprint density at radius 3 is 2.79 bits per heavy atom. The van der Waals surface area contributed by atoms with Crippen LogP contribution >= 0.6 is 11.8 Å². The molecule has 0 aliphatic rings. The summed E-state index contributed by atoms with van der Waals surface area (Å²) in [5.41, 5.74) is 3.49. The number of nitrogens with zero attached hydrogens (tertiary/aromatic N) is 4. The highest BCUT2D eigenvalue weighted by atomic mass is 32.2. The van der Waals surface area contributed by atoms with Gasteiger partial charge in [0.1, 0.15) is 12.0 Å². The van der Waals surface area contributed by atoms with Crippen molar-refractivity contribution in [1.29, 1.82) is 0 Å². The lowest BCUT2D eigenvalue weighted by molar-refractivity contribution is 0.0988. The van der Waals surface area contributed by atoms with E-state index in [2.05, 4.69) is 34.2 Å². The minimum absolute atomic E-state index is 0.0245. The van der Waals surface area contributed by atoms with Crippen molar-refractivity contribution in [3.63, 3.8) is 0 Å². The fourth-order valence-electron chi connectivity index (χ4n) is 3.06. The quantitative estimate of drug-likeness (QED) is 0.356. The van der Waals surface area contributed by atoms with Gasteiger partial charge in [0.05, 0.1) is 5.52 Å². The number of Topliss-reactive ketones (excluding diaryl/α,β-unsaturated/α-hetero) is 1. The molecule has 0 aliphatic heterocycles. The number of para-hydroxylation sites is 1. The molecule has 0 N–H and O–H groups in total. The summed E-state index contributed by atoms with van der Waals surface area (Å²) in [7, 11) is 1.93. The van der Waals surface area contributed by atoms with Gasteiger partial charge in [-0.05, 0) is 30.2 Å². The second-order valence-electron chi connectivity index (χ2n) is 6.72. The predicted octanol–water partition coefficient (Wildman–Crippen LogP) is 4.64. The summed E-state index contributed by atoms with van der Waals surface area (Å²) < 4.78 is 1.90. The first kappa shape index (κ1) is 18.4. The minimum atomic E-state index is 0.0245. The molecule has 4 aromatic rings. The number of carbonyl (C=O) groups excluding carboxylic acids is 1. The maximum absolute atomic E-state index is 12.8. The van der Waals surface area contributed by atoms with Crippen molar-refractivity contribution >= 4 is 28.4 Å². The summed E-state index contributed by atoms with van der Waals surface area (Å²) in [6.07, 6.45) is 2.03. The summed E-state index contributed by atoms with van der Waals surface area (Å²) in [6, 6.07) is 19.7. The number of fused-ring (bicyclic) bond motifs is 1. The summed E-state index contributed by atoms with van der Waals surface area (Å²) >= 11 is 1.65. The van der Waals surface area contributed by atoms with Gasteiger partial charge < -0.3 is 4.57 Å². The van der Waals surface area contributed by atoms with E-state index in [1.807, 2.05) is 54.1 Å². The van der Waals surface area contributed by atoms with E-state index in [1.165, 1.54) is 0 Å². The molecule has 0 fully saturated rings. The van der Waals surface area contributed by atoms with Crippen LogP contribution in [0.5, 0.6) is 0 Å². The Morgan fingerprint density at radius 2 is 1.96 bits per heavy atom. The summed E-state index contributed by atoms with van der Waals surface area (Å²) in [5, 5.41) is 10.2. The molecule has 2 aromatic heterocycles. The zero-order chi connectivity index (χ0) is 19.5. The number of thioether (sulfide) groups is 1. The zero-order valence-corrected chi connectivity index (χ0v) is 16.6. The van der Waals surface area contributed by atoms with Crippen LogP contribution in [0.3, 0.4) is 0 Å². The number of carbonyl (C=O) groups is 1. The van der Waals surface area contributed by atoms with Crippen molar-refractivity contribution in [3.8, 4) is 0 Å². The Bertz CT molecular complexity index is 1140. The van der Waals surface area contributed by atoms with Crippen molar-refractivity contribution in [2.75, 3.05) is 0 Å². The van der Waals surface area contributed by atoms with E-state index in [-0.39, 0.29) is 11.0 Å². The molecule has 6 heteroatoms. The van der Waals surface area contributed by atoms with Gasteiger partial charge >= 0.3 is 0 Å². The molecule has 140 valence electrons. The second kappa shape index (κ2) is 7.94. The number of rotatable bonds is 6. The normalized spacial score (nSPS) is 12.2. The molecule has 0 amide bonds. The van der Waals surface area contributed by atoms with Crippen LogP contribution in [0, 0.1) is 0 Å². The SMILES string of the molecule is C[C@@H](Sc1nncn1C)c1cccc(CC(=O)c2ccc3ccccc3n2)c1. The smallest absolute Gasteiger partial charge is 0.191 e. The van der Waals surface area contributed by atoms with Gasteiger partial charge in [-0.25, -0.2) is 4.98 Å². The standard InChI is InChI=1S/C22H20N4OS/c1-15(28-22-25-23-14-26(22)2)18-8-5-6-16(12-18)13-21(27)20-11-10-17-7-3-4-9-19(17)24-20/h3-12,14-15H,13H2,1-2H3/t15-/m1/s1. The molecule has 0 saturated heterocycles. The Hall–Kier alpha value is -2.99. The van der Waals surface area contributed by atoms with E-state index in [1.54, 1.807) is 24.2 Å². The third-order valence-electron chi connectivity index (χ3n) is 4.62. The van der Waals surface area contributed by atoms with Crippen LogP contribution in [0.2, 0.25) is 0 Å². The maximum atomic E-state index is 12.8. The van der Waals surface area contributed by atoms with Crippen LogP contribution in [0.1, 0.15) is 33.8 Å². The molecule has 1 atom stereocenters. The first-order valence-electron chi connectivity index (χ1n) is 9.08. The molecule has 0 saturated carbocycles. The second-order valence-corrected chi connectivity index (χ2v) is 8.03. The van der Waals surface area contributed by atoms with E-state index in [4.69, 9.17) is 0 Å². The van der Waals surface area contributed by atoms with Crippen molar-refractivity contribution in [2.24, 2.45) is 7.05 Å². The van der Waals surface area contributed by atoms with Gasteiger partial charge in [0.2, 0.25) is 0 Å². The maximum Gasteiger partial charge on any atom is 0.191 e. The van der Waals surface area contributed by atoms with Crippen LogP contribution < -0.4 is 0 Å². The summed E-state index contributed by atoms with van der Waals surface area (Å²) in [4.78, 5) is 17.3. The summed E-state index contributed by atoms with van der Waals surface area (Å²) in [5.74, 6) is 0.0245. The number of aromatic nitrogens is 4. The van der Waals surface area contributed by atoms with E-state index >= 15 is 0 Å². The van der Waals surface area contributed by atoms with Crippen LogP contribution in [0.15, 0.2) is 72.1 Å². The number of ketones is 1. The lowest BCUT2D eigenvalue weighted by Crippen LogP contribution is -2.06. The van der Waals surface area contributed by atoms with Crippen molar-refractivity contribution in [2.45, 2.75) is 23.8 Å². The molecule has 28 heavy (non-hydrogen) atoms. The zero-order valence-electron chi connectivity index (χ0n) is 15.7. The fourth-order valence-corrected chi connectivity index (χ4v) is 3.97. The Kier molecular flexibility index (Phi) is 5.21. The van der Waals surface area contributed by atoms with E-state index in [0.29, 0.717) is 12.1 Å². The van der Waals surface area contributed by atoms with Gasteiger partial charge in [-0.1, -0.05) is 60.3 Å². The Balaban J connectivity index is 1.50. The summed E-state index contributed by atoms with van der Waals surface area (Å²) in [6.45, 7) is 2.13. The highest BCUT2D eigenvalue weighted by Crippen LogP contribution is 2.33. The van der Waals surface area contributed by atoms with Crippen molar-refractivity contribution < 1.29 is 4.79 Å². The number of aryl methyl sites for hydroxylation is 1. The lowest BCUT2D eigenvalue weighted by Gasteiger charge is -2.12. The average Bonchev–Trinajstić information content (AvgIpc) is 3.12. The monoisotopic (exact) mass is 388 g/mol. The van der Waals surface area contributed by atoms with Crippen LogP contribution in [0.25, 0.3) is 10.9 Å². The van der Waals surface area contributed by atoms with E-state index in [9.17, 15) is 4.79 Å². The number of hydrogen-bond acceptors (Lipinski definition) is 5. The van der Waals surface area contributed by atoms with Gasteiger partial charge in [-0.2, -0.15) is 0 Å². The third kappa shape index (κ3) is 3.97. The molecule has 2 heterocycles. The number of hydrogen-bond donors (Lipinski definition) is 0. The first-order valence-corrected chi connectivity index (χ1v) is 9.96. The lowest BCUT2D eigenvalue weighted by atomic mass is 10.0.